The Morgan fingerprint density at radius 1 is 1.18 bits per heavy atom. The second-order valence-electron chi connectivity index (χ2n) is 6.68. The van der Waals surface area contributed by atoms with E-state index in [4.69, 9.17) is 16.3 Å². The van der Waals surface area contributed by atoms with Crippen molar-refractivity contribution in [2.75, 3.05) is 0 Å². The molecule has 4 rings (SSSR count). The Hall–Kier alpha value is -3.00. The number of hydrogen-bond donors (Lipinski definition) is 1. The van der Waals surface area contributed by atoms with E-state index in [0.29, 0.717) is 16.5 Å². The van der Waals surface area contributed by atoms with Crippen molar-refractivity contribution in [2.24, 2.45) is 0 Å². The van der Waals surface area contributed by atoms with E-state index in [1.165, 1.54) is 11.0 Å². The Bertz CT molecular complexity index is 924. The molecule has 0 saturated heterocycles. The standard InChI is InChI=1S/C19H19ClN6O2/c20-14-4-9-18(21-11-14)28-17-7-5-15(6-8-17)23-19(27)13-2-1-3-16(10-13)26-12-22-24-25-26/h1-4,9-12,15,17H,5-8H2,(H,23,27). The number of ether oxygens (including phenoxy) is 1. The largest absolute Gasteiger partial charge is 0.474 e. The second-order valence-corrected chi connectivity index (χ2v) is 7.12. The van der Waals surface area contributed by atoms with E-state index in [2.05, 4.69) is 25.8 Å². The molecule has 0 aliphatic heterocycles. The fraction of sp³-hybridized carbons (Fsp3) is 0.316. The van der Waals surface area contributed by atoms with Crippen LogP contribution in [0.2, 0.25) is 5.02 Å². The van der Waals surface area contributed by atoms with Crippen LogP contribution in [-0.2, 0) is 0 Å². The molecule has 0 bridgehead atoms. The molecule has 1 amide bonds. The zero-order chi connectivity index (χ0) is 19.3. The normalized spacial score (nSPS) is 19.2. The zero-order valence-electron chi connectivity index (χ0n) is 15.0. The van der Waals surface area contributed by atoms with Gasteiger partial charge in [-0.1, -0.05) is 17.7 Å². The molecule has 8 nitrogen and oxygen atoms in total. The molecule has 28 heavy (non-hydrogen) atoms. The highest BCUT2D eigenvalue weighted by molar-refractivity contribution is 6.30. The first kappa shape index (κ1) is 18.4. The van der Waals surface area contributed by atoms with Gasteiger partial charge in [-0.25, -0.2) is 9.67 Å². The highest BCUT2D eigenvalue weighted by Crippen LogP contribution is 2.24. The van der Waals surface area contributed by atoms with Crippen molar-refractivity contribution in [2.45, 2.75) is 37.8 Å². The summed E-state index contributed by atoms with van der Waals surface area (Å²) in [4.78, 5) is 16.8. The number of pyridine rings is 1. The molecule has 1 N–H and O–H groups in total. The molecule has 1 aliphatic rings. The summed E-state index contributed by atoms with van der Waals surface area (Å²) in [6.07, 6.45) is 6.61. The molecule has 0 atom stereocenters. The molecule has 1 saturated carbocycles. The SMILES string of the molecule is O=C(NC1CCC(Oc2ccc(Cl)cn2)CC1)c1cccc(-n2cnnn2)c1. The minimum atomic E-state index is -0.0985. The smallest absolute Gasteiger partial charge is 0.251 e. The fourth-order valence-corrected chi connectivity index (χ4v) is 3.38. The molecule has 1 fully saturated rings. The lowest BCUT2D eigenvalue weighted by Gasteiger charge is -2.29. The number of carbonyl (C=O) groups is 1. The van der Waals surface area contributed by atoms with Crippen LogP contribution in [0.5, 0.6) is 5.88 Å². The predicted molar refractivity (Wildman–Crippen MR) is 103 cm³/mol. The summed E-state index contributed by atoms with van der Waals surface area (Å²) >= 11 is 5.84. The summed E-state index contributed by atoms with van der Waals surface area (Å²) in [7, 11) is 0. The highest BCUT2D eigenvalue weighted by Gasteiger charge is 2.24. The van der Waals surface area contributed by atoms with Crippen molar-refractivity contribution in [1.29, 1.82) is 0 Å². The number of aromatic nitrogens is 5. The molecule has 1 aliphatic carbocycles. The highest BCUT2D eigenvalue weighted by atomic mass is 35.5. The Labute approximate surface area is 166 Å². The minimum absolute atomic E-state index is 0.0985. The monoisotopic (exact) mass is 398 g/mol. The quantitative estimate of drug-likeness (QED) is 0.710. The van der Waals surface area contributed by atoms with E-state index in [9.17, 15) is 4.79 Å². The third-order valence-corrected chi connectivity index (χ3v) is 4.94. The maximum atomic E-state index is 12.6. The van der Waals surface area contributed by atoms with E-state index < -0.39 is 0 Å². The van der Waals surface area contributed by atoms with Crippen molar-refractivity contribution >= 4 is 17.5 Å². The van der Waals surface area contributed by atoms with Gasteiger partial charge in [0.15, 0.2) is 0 Å². The van der Waals surface area contributed by atoms with Crippen LogP contribution in [0.4, 0.5) is 0 Å². The lowest BCUT2D eigenvalue weighted by Crippen LogP contribution is -2.39. The molecule has 3 aromatic rings. The molecule has 144 valence electrons. The Morgan fingerprint density at radius 2 is 2.04 bits per heavy atom. The molecular formula is C19H19ClN6O2. The van der Waals surface area contributed by atoms with Crippen molar-refractivity contribution < 1.29 is 9.53 Å². The predicted octanol–water partition coefficient (Wildman–Crippen LogP) is 2.83. The van der Waals surface area contributed by atoms with Gasteiger partial charge in [0.05, 0.1) is 10.7 Å². The lowest BCUT2D eigenvalue weighted by molar-refractivity contribution is 0.0890. The van der Waals surface area contributed by atoms with E-state index in [1.54, 1.807) is 30.5 Å². The van der Waals surface area contributed by atoms with Crippen molar-refractivity contribution in [3.05, 3.63) is 59.5 Å². The van der Waals surface area contributed by atoms with Gasteiger partial charge in [-0.3, -0.25) is 4.79 Å². The Balaban J connectivity index is 1.30. The van der Waals surface area contributed by atoms with E-state index in [0.717, 1.165) is 31.4 Å². The fourth-order valence-electron chi connectivity index (χ4n) is 3.27. The average molecular weight is 399 g/mol. The van der Waals surface area contributed by atoms with Crippen LogP contribution in [0.15, 0.2) is 48.9 Å². The van der Waals surface area contributed by atoms with Crippen LogP contribution < -0.4 is 10.1 Å². The van der Waals surface area contributed by atoms with Gasteiger partial charge < -0.3 is 10.1 Å². The van der Waals surface area contributed by atoms with E-state index >= 15 is 0 Å². The van der Waals surface area contributed by atoms with Crippen molar-refractivity contribution in [3.63, 3.8) is 0 Å². The first-order valence-electron chi connectivity index (χ1n) is 9.10. The summed E-state index contributed by atoms with van der Waals surface area (Å²) in [5.74, 6) is 0.481. The molecule has 9 heteroatoms. The Morgan fingerprint density at radius 3 is 2.75 bits per heavy atom. The van der Waals surface area contributed by atoms with Gasteiger partial charge in [0.1, 0.15) is 12.4 Å². The number of tetrazole rings is 1. The number of halogens is 1. The van der Waals surface area contributed by atoms with Crippen LogP contribution >= 0.6 is 11.6 Å². The van der Waals surface area contributed by atoms with Gasteiger partial charge in [-0.15, -0.1) is 5.10 Å². The topological polar surface area (TPSA) is 94.8 Å². The van der Waals surface area contributed by atoms with Gasteiger partial charge in [0.2, 0.25) is 5.88 Å². The number of rotatable bonds is 5. The minimum Gasteiger partial charge on any atom is -0.474 e. The van der Waals surface area contributed by atoms with Gasteiger partial charge in [0.25, 0.3) is 5.91 Å². The molecule has 1 aromatic carbocycles. The lowest BCUT2D eigenvalue weighted by atomic mass is 9.92. The first-order chi connectivity index (χ1) is 13.7. The third kappa shape index (κ3) is 4.45. The van der Waals surface area contributed by atoms with Crippen LogP contribution in [-0.4, -0.2) is 43.2 Å². The Kier molecular flexibility index (Phi) is 5.48. The van der Waals surface area contributed by atoms with Gasteiger partial charge in [0, 0.05) is 23.9 Å². The van der Waals surface area contributed by atoms with Gasteiger partial charge in [-0.05, 0) is 60.4 Å². The maximum Gasteiger partial charge on any atom is 0.251 e. The van der Waals surface area contributed by atoms with Gasteiger partial charge >= 0.3 is 0 Å². The molecule has 0 unspecified atom stereocenters. The number of nitrogens with one attached hydrogen (secondary N) is 1. The van der Waals surface area contributed by atoms with E-state index in [1.807, 2.05) is 12.1 Å². The summed E-state index contributed by atoms with van der Waals surface area (Å²) in [6.45, 7) is 0. The molecule has 2 aromatic heterocycles. The zero-order valence-corrected chi connectivity index (χ0v) is 15.8. The van der Waals surface area contributed by atoms with Crippen LogP contribution in [0.3, 0.4) is 0 Å². The number of carbonyl (C=O) groups excluding carboxylic acids is 1. The summed E-state index contributed by atoms with van der Waals surface area (Å²) < 4.78 is 7.42. The average Bonchev–Trinajstić information content (AvgIpc) is 3.26. The van der Waals surface area contributed by atoms with Gasteiger partial charge in [-0.2, -0.15) is 0 Å². The molecule has 0 spiro atoms. The van der Waals surface area contributed by atoms with Crippen LogP contribution in [0.25, 0.3) is 5.69 Å². The van der Waals surface area contributed by atoms with Crippen molar-refractivity contribution in [1.82, 2.24) is 30.5 Å². The molecular weight excluding hydrogens is 380 g/mol. The van der Waals surface area contributed by atoms with Crippen LogP contribution in [0, 0.1) is 0 Å². The third-order valence-electron chi connectivity index (χ3n) is 4.72. The number of amides is 1. The molecule has 2 heterocycles. The number of hydrogen-bond acceptors (Lipinski definition) is 6. The van der Waals surface area contributed by atoms with E-state index in [-0.39, 0.29) is 18.1 Å². The first-order valence-corrected chi connectivity index (χ1v) is 9.48. The maximum absolute atomic E-state index is 12.6. The summed E-state index contributed by atoms with van der Waals surface area (Å²) in [6, 6.07) is 10.9. The second kappa shape index (κ2) is 8.35. The molecule has 0 radical (unpaired) electrons. The summed E-state index contributed by atoms with van der Waals surface area (Å²) in [5, 5.41) is 14.8. The van der Waals surface area contributed by atoms with Crippen LogP contribution in [0.1, 0.15) is 36.0 Å². The summed E-state index contributed by atoms with van der Waals surface area (Å²) in [5.41, 5.74) is 1.32. The number of benzene rings is 1. The number of nitrogens with zero attached hydrogens (tertiary/aromatic N) is 5. The van der Waals surface area contributed by atoms with Crippen molar-refractivity contribution in [3.8, 4) is 11.6 Å².